The Labute approximate surface area is 88.8 Å². The standard InChI is InChI=1S/C11H27N3/c1-6-10(2,3)14-11(4,5)7-8-13-9-12/h13-14H,6-9,12H2,1-5H3. The Morgan fingerprint density at radius 3 is 2.07 bits per heavy atom. The lowest BCUT2D eigenvalue weighted by molar-refractivity contribution is 0.244. The first kappa shape index (κ1) is 13.9. The smallest absolute Gasteiger partial charge is 0.0428 e. The van der Waals surface area contributed by atoms with Gasteiger partial charge in [0.1, 0.15) is 0 Å². The Morgan fingerprint density at radius 1 is 1.07 bits per heavy atom. The molecule has 0 bridgehead atoms. The molecule has 0 rings (SSSR count). The summed E-state index contributed by atoms with van der Waals surface area (Å²) < 4.78 is 0. The lowest BCUT2D eigenvalue weighted by Gasteiger charge is -2.37. The first-order valence-corrected chi connectivity index (χ1v) is 5.53. The molecule has 0 atom stereocenters. The van der Waals surface area contributed by atoms with Gasteiger partial charge in [0, 0.05) is 17.7 Å². The molecule has 0 unspecified atom stereocenters. The Balaban J connectivity index is 3.93. The van der Waals surface area contributed by atoms with E-state index < -0.39 is 0 Å². The van der Waals surface area contributed by atoms with Crippen molar-refractivity contribution in [3.05, 3.63) is 0 Å². The van der Waals surface area contributed by atoms with Gasteiger partial charge in [0.2, 0.25) is 0 Å². The molecule has 0 spiro atoms. The average molecular weight is 201 g/mol. The van der Waals surface area contributed by atoms with Crippen molar-refractivity contribution in [1.29, 1.82) is 0 Å². The van der Waals surface area contributed by atoms with Gasteiger partial charge in [-0.25, -0.2) is 0 Å². The molecule has 0 amide bonds. The van der Waals surface area contributed by atoms with Crippen LogP contribution >= 0.6 is 0 Å². The van der Waals surface area contributed by atoms with Crippen molar-refractivity contribution in [2.75, 3.05) is 13.2 Å². The van der Waals surface area contributed by atoms with E-state index in [1.165, 1.54) is 0 Å². The van der Waals surface area contributed by atoms with E-state index in [9.17, 15) is 0 Å². The van der Waals surface area contributed by atoms with Crippen LogP contribution in [0.4, 0.5) is 0 Å². The van der Waals surface area contributed by atoms with Gasteiger partial charge in [-0.15, -0.1) is 0 Å². The number of hydrogen-bond donors (Lipinski definition) is 3. The molecule has 3 heteroatoms. The first-order chi connectivity index (χ1) is 6.33. The molecule has 0 saturated heterocycles. The molecule has 0 aliphatic heterocycles. The van der Waals surface area contributed by atoms with E-state index >= 15 is 0 Å². The second kappa shape index (κ2) is 5.69. The van der Waals surface area contributed by atoms with Crippen LogP contribution in [-0.4, -0.2) is 24.3 Å². The highest BCUT2D eigenvalue weighted by atomic mass is 15.0. The highest BCUT2D eigenvalue weighted by Crippen LogP contribution is 2.16. The minimum atomic E-state index is 0.168. The fourth-order valence-electron chi connectivity index (χ4n) is 1.57. The maximum Gasteiger partial charge on any atom is 0.0428 e. The zero-order chi connectivity index (χ0) is 11.2. The van der Waals surface area contributed by atoms with E-state index in [-0.39, 0.29) is 11.1 Å². The molecule has 0 aliphatic carbocycles. The molecule has 0 aliphatic rings. The van der Waals surface area contributed by atoms with Crippen LogP contribution in [0.5, 0.6) is 0 Å². The third-order valence-corrected chi connectivity index (χ3v) is 2.63. The van der Waals surface area contributed by atoms with Gasteiger partial charge in [-0.2, -0.15) is 0 Å². The molecule has 0 fully saturated rings. The van der Waals surface area contributed by atoms with Crippen molar-refractivity contribution in [3.63, 3.8) is 0 Å². The quantitative estimate of drug-likeness (QED) is 0.431. The largest absolute Gasteiger partial charge is 0.318 e. The summed E-state index contributed by atoms with van der Waals surface area (Å²) in [4.78, 5) is 0. The van der Waals surface area contributed by atoms with Crippen molar-refractivity contribution in [1.82, 2.24) is 10.6 Å². The van der Waals surface area contributed by atoms with E-state index in [1.807, 2.05) is 0 Å². The zero-order valence-electron chi connectivity index (χ0n) is 10.4. The van der Waals surface area contributed by atoms with E-state index in [0.29, 0.717) is 6.67 Å². The molecule has 14 heavy (non-hydrogen) atoms. The Kier molecular flexibility index (Phi) is 5.64. The van der Waals surface area contributed by atoms with Gasteiger partial charge in [-0.05, 0) is 47.1 Å². The van der Waals surface area contributed by atoms with Gasteiger partial charge in [0.15, 0.2) is 0 Å². The third kappa shape index (κ3) is 6.35. The van der Waals surface area contributed by atoms with E-state index in [4.69, 9.17) is 5.73 Å². The monoisotopic (exact) mass is 201 g/mol. The Bertz CT molecular complexity index is 153. The van der Waals surface area contributed by atoms with Gasteiger partial charge < -0.3 is 16.4 Å². The SMILES string of the molecule is CCC(C)(C)NC(C)(C)CCNCN. The fraction of sp³-hybridized carbons (Fsp3) is 1.00. The van der Waals surface area contributed by atoms with Gasteiger partial charge in [0.25, 0.3) is 0 Å². The second-order valence-electron chi connectivity index (χ2n) is 5.20. The first-order valence-electron chi connectivity index (χ1n) is 5.53. The topological polar surface area (TPSA) is 50.1 Å². The maximum atomic E-state index is 5.38. The average Bonchev–Trinajstić information content (AvgIpc) is 2.03. The van der Waals surface area contributed by atoms with Gasteiger partial charge in [0.05, 0.1) is 0 Å². The minimum Gasteiger partial charge on any atom is -0.318 e. The summed E-state index contributed by atoms with van der Waals surface area (Å²) >= 11 is 0. The summed E-state index contributed by atoms with van der Waals surface area (Å²) in [6, 6.07) is 0. The summed E-state index contributed by atoms with van der Waals surface area (Å²) in [5.41, 5.74) is 5.76. The number of nitrogens with one attached hydrogen (secondary N) is 2. The molecule has 86 valence electrons. The van der Waals surface area contributed by atoms with Crippen LogP contribution < -0.4 is 16.4 Å². The third-order valence-electron chi connectivity index (χ3n) is 2.63. The summed E-state index contributed by atoms with van der Waals surface area (Å²) in [6.07, 6.45) is 2.23. The molecule has 4 N–H and O–H groups in total. The van der Waals surface area contributed by atoms with Crippen LogP contribution in [0, 0.1) is 0 Å². The Morgan fingerprint density at radius 2 is 1.64 bits per heavy atom. The molecule has 0 aromatic carbocycles. The molecular formula is C11H27N3. The maximum absolute atomic E-state index is 5.38. The van der Waals surface area contributed by atoms with Crippen LogP contribution in [0.2, 0.25) is 0 Å². The highest BCUT2D eigenvalue weighted by molar-refractivity contribution is 4.87. The van der Waals surface area contributed by atoms with Crippen LogP contribution in [0.15, 0.2) is 0 Å². The van der Waals surface area contributed by atoms with E-state index in [0.717, 1.165) is 19.4 Å². The zero-order valence-corrected chi connectivity index (χ0v) is 10.4. The van der Waals surface area contributed by atoms with Crippen molar-refractivity contribution in [2.24, 2.45) is 5.73 Å². The lowest BCUT2D eigenvalue weighted by atomic mass is 9.93. The highest BCUT2D eigenvalue weighted by Gasteiger charge is 2.25. The summed E-state index contributed by atoms with van der Waals surface area (Å²) in [5, 5.41) is 6.81. The van der Waals surface area contributed by atoms with Crippen LogP contribution in [0.25, 0.3) is 0 Å². The minimum absolute atomic E-state index is 0.168. The summed E-state index contributed by atoms with van der Waals surface area (Å²) in [6.45, 7) is 12.7. The molecule has 0 radical (unpaired) electrons. The predicted molar refractivity (Wildman–Crippen MR) is 63.3 cm³/mol. The van der Waals surface area contributed by atoms with Gasteiger partial charge >= 0.3 is 0 Å². The fourth-order valence-corrected chi connectivity index (χ4v) is 1.57. The van der Waals surface area contributed by atoms with Gasteiger partial charge in [-0.3, -0.25) is 0 Å². The number of hydrogen-bond acceptors (Lipinski definition) is 3. The van der Waals surface area contributed by atoms with Crippen molar-refractivity contribution >= 4 is 0 Å². The molecule has 3 nitrogen and oxygen atoms in total. The molecule has 0 heterocycles. The van der Waals surface area contributed by atoms with Crippen LogP contribution in [0.1, 0.15) is 47.5 Å². The van der Waals surface area contributed by atoms with E-state index in [2.05, 4.69) is 45.3 Å². The summed E-state index contributed by atoms with van der Waals surface area (Å²) in [5.74, 6) is 0. The number of nitrogens with two attached hydrogens (primary N) is 1. The summed E-state index contributed by atoms with van der Waals surface area (Å²) in [7, 11) is 0. The normalized spacial score (nSPS) is 13.3. The second-order valence-corrected chi connectivity index (χ2v) is 5.20. The molecular weight excluding hydrogens is 174 g/mol. The molecule has 0 saturated carbocycles. The number of rotatable bonds is 7. The molecule has 0 aromatic heterocycles. The lowest BCUT2D eigenvalue weighted by Crippen LogP contribution is -2.52. The van der Waals surface area contributed by atoms with Crippen LogP contribution in [-0.2, 0) is 0 Å². The Hall–Kier alpha value is -0.120. The van der Waals surface area contributed by atoms with Crippen LogP contribution in [0.3, 0.4) is 0 Å². The molecule has 0 aromatic rings. The van der Waals surface area contributed by atoms with Crippen molar-refractivity contribution in [3.8, 4) is 0 Å². The van der Waals surface area contributed by atoms with Gasteiger partial charge in [-0.1, -0.05) is 6.92 Å². The predicted octanol–water partition coefficient (Wildman–Crippen LogP) is 1.44. The van der Waals surface area contributed by atoms with E-state index in [1.54, 1.807) is 0 Å². The van der Waals surface area contributed by atoms with Crippen molar-refractivity contribution in [2.45, 2.75) is 58.5 Å². The van der Waals surface area contributed by atoms with Crippen molar-refractivity contribution < 1.29 is 0 Å².